The normalized spacial score (nSPS) is 19.5. The van der Waals surface area contributed by atoms with Gasteiger partial charge in [-0.3, -0.25) is 4.79 Å². The van der Waals surface area contributed by atoms with Crippen LogP contribution < -0.4 is 10.6 Å². The molecule has 0 spiro atoms. The van der Waals surface area contributed by atoms with E-state index in [0.717, 1.165) is 17.7 Å². The molecule has 0 saturated carbocycles. The predicted molar refractivity (Wildman–Crippen MR) is 94.6 cm³/mol. The van der Waals surface area contributed by atoms with Gasteiger partial charge in [-0.25, -0.2) is 4.79 Å². The summed E-state index contributed by atoms with van der Waals surface area (Å²) in [6.45, 7) is 1.09. The molecular formula is C20H19N3O2. The lowest BCUT2D eigenvalue weighted by Gasteiger charge is -2.25. The summed E-state index contributed by atoms with van der Waals surface area (Å²) in [5, 5.41) is 5.68. The SMILES string of the molecule is O=C1NC2=C(C(=O)N(CCc3ccccc3)C2)C(c2ccccc2)N1. The summed E-state index contributed by atoms with van der Waals surface area (Å²) in [7, 11) is 0. The standard InChI is InChI=1S/C20H19N3O2/c24-19-17-16(13-23(19)12-11-14-7-3-1-4-8-14)21-20(25)22-18(17)15-9-5-2-6-10-15/h1-10,18H,11-13H2,(H2,21,22,25). The number of hydrogen-bond donors (Lipinski definition) is 2. The molecule has 5 nitrogen and oxygen atoms in total. The molecule has 25 heavy (non-hydrogen) atoms. The lowest BCUT2D eigenvalue weighted by molar-refractivity contribution is -0.125. The van der Waals surface area contributed by atoms with Crippen molar-refractivity contribution < 1.29 is 9.59 Å². The number of nitrogens with one attached hydrogen (secondary N) is 2. The molecule has 2 heterocycles. The number of rotatable bonds is 4. The average Bonchev–Trinajstić information content (AvgIpc) is 2.96. The maximum Gasteiger partial charge on any atom is 0.319 e. The molecule has 0 bridgehead atoms. The Bertz CT molecular complexity index is 831. The minimum Gasteiger partial charge on any atom is -0.333 e. The number of benzene rings is 2. The average molecular weight is 333 g/mol. The van der Waals surface area contributed by atoms with Crippen molar-refractivity contribution in [3.63, 3.8) is 0 Å². The van der Waals surface area contributed by atoms with E-state index in [9.17, 15) is 9.59 Å². The molecule has 2 aliphatic heterocycles. The van der Waals surface area contributed by atoms with E-state index in [1.54, 1.807) is 4.90 Å². The highest BCUT2D eigenvalue weighted by atomic mass is 16.2. The topological polar surface area (TPSA) is 61.4 Å². The van der Waals surface area contributed by atoms with Crippen LogP contribution in [0.2, 0.25) is 0 Å². The van der Waals surface area contributed by atoms with E-state index < -0.39 is 0 Å². The summed E-state index contributed by atoms with van der Waals surface area (Å²) >= 11 is 0. The van der Waals surface area contributed by atoms with Crippen molar-refractivity contribution in [3.05, 3.63) is 83.1 Å². The van der Waals surface area contributed by atoms with Crippen molar-refractivity contribution in [2.45, 2.75) is 12.5 Å². The monoisotopic (exact) mass is 333 g/mol. The summed E-state index contributed by atoms with van der Waals surface area (Å²) in [4.78, 5) is 26.7. The van der Waals surface area contributed by atoms with Crippen LogP contribution in [-0.2, 0) is 11.2 Å². The van der Waals surface area contributed by atoms with Gasteiger partial charge in [0.05, 0.1) is 23.9 Å². The molecule has 0 aromatic heterocycles. The zero-order valence-corrected chi connectivity index (χ0v) is 13.7. The first-order valence-corrected chi connectivity index (χ1v) is 8.41. The molecular weight excluding hydrogens is 314 g/mol. The van der Waals surface area contributed by atoms with Crippen LogP contribution >= 0.6 is 0 Å². The van der Waals surface area contributed by atoms with E-state index in [-0.39, 0.29) is 18.0 Å². The van der Waals surface area contributed by atoms with Gasteiger partial charge >= 0.3 is 6.03 Å². The van der Waals surface area contributed by atoms with Crippen LogP contribution in [0.4, 0.5) is 4.79 Å². The van der Waals surface area contributed by atoms with Gasteiger partial charge < -0.3 is 15.5 Å². The van der Waals surface area contributed by atoms with E-state index >= 15 is 0 Å². The molecule has 3 amide bonds. The number of hydrogen-bond acceptors (Lipinski definition) is 2. The molecule has 126 valence electrons. The fourth-order valence-electron chi connectivity index (χ4n) is 3.41. The van der Waals surface area contributed by atoms with Crippen molar-refractivity contribution in [1.82, 2.24) is 15.5 Å². The molecule has 1 unspecified atom stereocenters. The number of nitrogens with zero attached hydrogens (tertiary/aromatic N) is 1. The van der Waals surface area contributed by atoms with Gasteiger partial charge in [0.1, 0.15) is 0 Å². The third-order valence-corrected chi connectivity index (χ3v) is 4.67. The van der Waals surface area contributed by atoms with Gasteiger partial charge in [0.2, 0.25) is 0 Å². The highest BCUT2D eigenvalue weighted by molar-refractivity contribution is 6.01. The van der Waals surface area contributed by atoms with Crippen LogP contribution in [0.15, 0.2) is 71.9 Å². The fraction of sp³-hybridized carbons (Fsp3) is 0.200. The number of carbonyl (C=O) groups excluding carboxylic acids is 2. The summed E-state index contributed by atoms with van der Waals surface area (Å²) in [6.07, 6.45) is 0.796. The zero-order valence-electron chi connectivity index (χ0n) is 13.7. The molecule has 2 aromatic rings. The van der Waals surface area contributed by atoms with Gasteiger partial charge in [-0.15, -0.1) is 0 Å². The number of amides is 3. The minimum atomic E-state index is -0.390. The van der Waals surface area contributed by atoms with Gasteiger partial charge in [-0.05, 0) is 17.5 Å². The summed E-state index contributed by atoms with van der Waals surface area (Å²) in [5.41, 5.74) is 3.49. The first-order valence-electron chi connectivity index (χ1n) is 8.41. The number of carbonyl (C=O) groups is 2. The second-order valence-corrected chi connectivity index (χ2v) is 6.30. The third-order valence-electron chi connectivity index (χ3n) is 4.67. The molecule has 2 aliphatic rings. The lowest BCUT2D eigenvalue weighted by atomic mass is 9.96. The first-order chi connectivity index (χ1) is 12.2. The molecule has 0 aliphatic carbocycles. The molecule has 2 aromatic carbocycles. The Hall–Kier alpha value is -3.08. The van der Waals surface area contributed by atoms with Crippen molar-refractivity contribution >= 4 is 11.9 Å². The Balaban J connectivity index is 1.54. The van der Waals surface area contributed by atoms with E-state index in [0.29, 0.717) is 18.7 Å². The molecule has 5 heteroatoms. The van der Waals surface area contributed by atoms with E-state index in [1.165, 1.54) is 5.56 Å². The fourth-order valence-corrected chi connectivity index (χ4v) is 3.41. The van der Waals surface area contributed by atoms with Gasteiger partial charge in [0.25, 0.3) is 5.91 Å². The second-order valence-electron chi connectivity index (χ2n) is 6.30. The van der Waals surface area contributed by atoms with Crippen LogP contribution in [-0.4, -0.2) is 29.9 Å². The summed E-state index contributed by atoms with van der Waals surface area (Å²) < 4.78 is 0. The Morgan fingerprint density at radius 2 is 1.64 bits per heavy atom. The first kappa shape index (κ1) is 15.4. The van der Waals surface area contributed by atoms with Crippen molar-refractivity contribution in [1.29, 1.82) is 0 Å². The molecule has 0 saturated heterocycles. The Morgan fingerprint density at radius 1 is 0.960 bits per heavy atom. The number of urea groups is 1. The Kier molecular flexibility index (Phi) is 3.98. The van der Waals surface area contributed by atoms with Gasteiger partial charge in [-0.2, -0.15) is 0 Å². The molecule has 4 rings (SSSR count). The molecule has 2 N–H and O–H groups in total. The second kappa shape index (κ2) is 6.43. The lowest BCUT2D eigenvalue weighted by Crippen LogP contribution is -2.44. The van der Waals surface area contributed by atoms with Crippen molar-refractivity contribution in [2.75, 3.05) is 13.1 Å². The predicted octanol–water partition coefficient (Wildman–Crippen LogP) is 2.38. The van der Waals surface area contributed by atoms with Crippen LogP contribution in [0.3, 0.4) is 0 Å². The Morgan fingerprint density at radius 3 is 2.36 bits per heavy atom. The van der Waals surface area contributed by atoms with Gasteiger partial charge in [0.15, 0.2) is 0 Å². The largest absolute Gasteiger partial charge is 0.333 e. The maximum absolute atomic E-state index is 12.9. The summed E-state index contributed by atoms with van der Waals surface area (Å²) in [5.74, 6) is -0.00714. The smallest absolute Gasteiger partial charge is 0.319 e. The molecule has 1 atom stereocenters. The highest BCUT2D eigenvalue weighted by Gasteiger charge is 2.39. The third kappa shape index (κ3) is 3.01. The van der Waals surface area contributed by atoms with Crippen molar-refractivity contribution in [3.8, 4) is 0 Å². The van der Waals surface area contributed by atoms with E-state index in [2.05, 4.69) is 22.8 Å². The van der Waals surface area contributed by atoms with Crippen LogP contribution in [0.1, 0.15) is 17.2 Å². The van der Waals surface area contributed by atoms with Crippen molar-refractivity contribution in [2.24, 2.45) is 0 Å². The van der Waals surface area contributed by atoms with Gasteiger partial charge in [0, 0.05) is 6.54 Å². The highest BCUT2D eigenvalue weighted by Crippen LogP contribution is 2.32. The zero-order chi connectivity index (χ0) is 17.2. The molecule has 0 fully saturated rings. The van der Waals surface area contributed by atoms with Crippen LogP contribution in [0.5, 0.6) is 0 Å². The minimum absolute atomic E-state index is 0.00714. The summed E-state index contributed by atoms with van der Waals surface area (Å²) in [6, 6.07) is 19.1. The Labute approximate surface area is 146 Å². The van der Waals surface area contributed by atoms with Gasteiger partial charge in [-0.1, -0.05) is 60.7 Å². The van der Waals surface area contributed by atoms with E-state index in [1.807, 2.05) is 48.5 Å². The van der Waals surface area contributed by atoms with Crippen LogP contribution in [0, 0.1) is 0 Å². The van der Waals surface area contributed by atoms with E-state index in [4.69, 9.17) is 0 Å². The quantitative estimate of drug-likeness (QED) is 0.902. The maximum atomic E-state index is 12.9. The molecule has 0 radical (unpaired) electrons. The van der Waals surface area contributed by atoms with Crippen LogP contribution in [0.25, 0.3) is 0 Å².